The van der Waals surface area contributed by atoms with E-state index in [9.17, 15) is 0 Å². The van der Waals surface area contributed by atoms with Gasteiger partial charge in [-0.1, -0.05) is 47.1 Å². The molecule has 0 saturated carbocycles. The SMILES string of the molecule is CCOc1cccc(CNc2nnnn2CC)c1OCc1ccc(C)cc1. The third kappa shape index (κ3) is 4.75. The lowest BCUT2D eigenvalue weighted by Crippen LogP contribution is -2.10. The minimum absolute atomic E-state index is 0.476. The number of benzene rings is 2. The summed E-state index contributed by atoms with van der Waals surface area (Å²) in [5, 5.41) is 14.9. The summed E-state index contributed by atoms with van der Waals surface area (Å²) in [6.45, 7) is 8.31. The molecule has 3 aromatic rings. The summed E-state index contributed by atoms with van der Waals surface area (Å²) in [6, 6.07) is 14.2. The fraction of sp³-hybridized carbons (Fsp3) is 0.350. The van der Waals surface area contributed by atoms with Crippen molar-refractivity contribution < 1.29 is 9.47 Å². The molecule has 0 aliphatic rings. The average molecular weight is 367 g/mol. The van der Waals surface area contributed by atoms with Crippen LogP contribution in [0.25, 0.3) is 0 Å². The highest BCUT2D eigenvalue weighted by atomic mass is 16.5. The van der Waals surface area contributed by atoms with Crippen LogP contribution >= 0.6 is 0 Å². The fourth-order valence-electron chi connectivity index (χ4n) is 2.69. The number of hydrogen-bond donors (Lipinski definition) is 1. The molecule has 0 bridgehead atoms. The highest BCUT2D eigenvalue weighted by molar-refractivity contribution is 5.48. The van der Waals surface area contributed by atoms with Gasteiger partial charge in [-0.05, 0) is 42.8 Å². The van der Waals surface area contributed by atoms with E-state index < -0.39 is 0 Å². The monoisotopic (exact) mass is 367 g/mol. The van der Waals surface area contributed by atoms with E-state index >= 15 is 0 Å². The Bertz CT molecular complexity index is 861. The van der Waals surface area contributed by atoms with Gasteiger partial charge in [-0.3, -0.25) is 0 Å². The van der Waals surface area contributed by atoms with Crippen LogP contribution < -0.4 is 14.8 Å². The molecule has 142 valence electrons. The van der Waals surface area contributed by atoms with Gasteiger partial charge in [-0.15, -0.1) is 0 Å². The Hall–Kier alpha value is -3.09. The van der Waals surface area contributed by atoms with Crippen LogP contribution in [0, 0.1) is 6.92 Å². The predicted octanol–water partition coefficient (Wildman–Crippen LogP) is 3.59. The fourth-order valence-corrected chi connectivity index (χ4v) is 2.69. The zero-order valence-corrected chi connectivity index (χ0v) is 16.0. The van der Waals surface area contributed by atoms with Crippen LogP contribution in [0.3, 0.4) is 0 Å². The molecule has 0 aliphatic carbocycles. The first-order chi connectivity index (χ1) is 13.2. The molecule has 2 aromatic carbocycles. The highest BCUT2D eigenvalue weighted by Gasteiger charge is 2.13. The predicted molar refractivity (Wildman–Crippen MR) is 104 cm³/mol. The number of hydrogen-bond acceptors (Lipinski definition) is 6. The molecule has 1 N–H and O–H groups in total. The smallest absolute Gasteiger partial charge is 0.243 e. The third-order valence-electron chi connectivity index (χ3n) is 4.13. The molecule has 3 rings (SSSR count). The molecule has 0 radical (unpaired) electrons. The summed E-state index contributed by atoms with van der Waals surface area (Å²) in [7, 11) is 0. The molecule has 0 saturated heterocycles. The number of ether oxygens (including phenoxy) is 2. The van der Waals surface area contributed by atoms with Crippen molar-refractivity contribution in [2.45, 2.75) is 40.5 Å². The van der Waals surface area contributed by atoms with Crippen LogP contribution in [0.2, 0.25) is 0 Å². The quantitative estimate of drug-likeness (QED) is 0.623. The number of aryl methyl sites for hydroxylation is 2. The number of nitrogens with zero attached hydrogens (tertiary/aromatic N) is 4. The van der Waals surface area contributed by atoms with Crippen molar-refractivity contribution in [3.05, 3.63) is 59.2 Å². The molecule has 1 aromatic heterocycles. The van der Waals surface area contributed by atoms with E-state index in [-0.39, 0.29) is 0 Å². The lowest BCUT2D eigenvalue weighted by Gasteiger charge is -2.16. The van der Waals surface area contributed by atoms with Gasteiger partial charge in [0.25, 0.3) is 0 Å². The van der Waals surface area contributed by atoms with Gasteiger partial charge in [0.15, 0.2) is 11.5 Å². The number of tetrazole rings is 1. The maximum Gasteiger partial charge on any atom is 0.243 e. The summed E-state index contributed by atoms with van der Waals surface area (Å²) < 4.78 is 13.6. The number of nitrogens with one attached hydrogen (secondary N) is 1. The maximum atomic E-state index is 6.15. The van der Waals surface area contributed by atoms with Gasteiger partial charge >= 0.3 is 0 Å². The lowest BCUT2D eigenvalue weighted by atomic mass is 10.1. The van der Waals surface area contributed by atoms with E-state index in [1.807, 2.05) is 32.0 Å². The topological polar surface area (TPSA) is 74.1 Å². The molecule has 1 heterocycles. The van der Waals surface area contributed by atoms with Crippen molar-refractivity contribution in [1.29, 1.82) is 0 Å². The largest absolute Gasteiger partial charge is 0.490 e. The van der Waals surface area contributed by atoms with Gasteiger partial charge in [0.05, 0.1) is 6.61 Å². The number of rotatable bonds is 9. The summed E-state index contributed by atoms with van der Waals surface area (Å²) in [5.41, 5.74) is 3.33. The molecule has 0 atom stereocenters. The Balaban J connectivity index is 1.78. The van der Waals surface area contributed by atoms with Crippen molar-refractivity contribution in [2.24, 2.45) is 0 Å². The first kappa shape index (κ1) is 18.7. The molecule has 0 amide bonds. The van der Waals surface area contributed by atoms with Crippen molar-refractivity contribution in [2.75, 3.05) is 11.9 Å². The van der Waals surface area contributed by atoms with E-state index in [0.717, 1.165) is 22.6 Å². The second-order valence-corrected chi connectivity index (χ2v) is 6.12. The summed E-state index contributed by atoms with van der Waals surface area (Å²) in [6.07, 6.45) is 0. The van der Waals surface area contributed by atoms with Crippen LogP contribution in [-0.4, -0.2) is 26.8 Å². The van der Waals surface area contributed by atoms with Crippen molar-refractivity contribution in [3.8, 4) is 11.5 Å². The number of aromatic nitrogens is 4. The Kier molecular flexibility index (Phi) is 6.25. The van der Waals surface area contributed by atoms with Gasteiger partial charge in [0.2, 0.25) is 5.95 Å². The zero-order valence-electron chi connectivity index (χ0n) is 16.0. The van der Waals surface area contributed by atoms with Gasteiger partial charge < -0.3 is 14.8 Å². The molecule has 27 heavy (non-hydrogen) atoms. The summed E-state index contributed by atoms with van der Waals surface area (Å²) in [5.74, 6) is 2.10. The molecule has 0 unspecified atom stereocenters. The van der Waals surface area contributed by atoms with Crippen LogP contribution in [0.5, 0.6) is 11.5 Å². The Morgan fingerprint density at radius 2 is 1.85 bits per heavy atom. The van der Waals surface area contributed by atoms with Gasteiger partial charge in [0.1, 0.15) is 6.61 Å². The Labute approximate surface area is 159 Å². The normalized spacial score (nSPS) is 10.6. The maximum absolute atomic E-state index is 6.15. The first-order valence-corrected chi connectivity index (χ1v) is 9.14. The molecular weight excluding hydrogens is 342 g/mol. The van der Waals surface area contributed by atoms with Crippen molar-refractivity contribution in [1.82, 2.24) is 20.2 Å². The number of para-hydroxylation sites is 1. The van der Waals surface area contributed by atoms with Crippen LogP contribution in [-0.2, 0) is 19.7 Å². The minimum atomic E-state index is 0.476. The Morgan fingerprint density at radius 3 is 2.59 bits per heavy atom. The van der Waals surface area contributed by atoms with Crippen LogP contribution in [0.4, 0.5) is 5.95 Å². The van der Waals surface area contributed by atoms with E-state index in [1.165, 1.54) is 5.56 Å². The van der Waals surface area contributed by atoms with Crippen LogP contribution in [0.15, 0.2) is 42.5 Å². The van der Waals surface area contributed by atoms with E-state index in [4.69, 9.17) is 9.47 Å². The average Bonchev–Trinajstić information content (AvgIpc) is 3.14. The molecule has 0 aliphatic heterocycles. The Morgan fingerprint density at radius 1 is 1.04 bits per heavy atom. The first-order valence-electron chi connectivity index (χ1n) is 9.14. The second kappa shape index (κ2) is 9.02. The number of anilines is 1. The van der Waals surface area contributed by atoms with Gasteiger partial charge in [-0.25, -0.2) is 4.68 Å². The summed E-state index contributed by atoms with van der Waals surface area (Å²) >= 11 is 0. The van der Waals surface area contributed by atoms with E-state index in [1.54, 1.807) is 4.68 Å². The van der Waals surface area contributed by atoms with E-state index in [2.05, 4.69) is 52.0 Å². The lowest BCUT2D eigenvalue weighted by molar-refractivity contribution is 0.267. The molecule has 0 fully saturated rings. The van der Waals surface area contributed by atoms with Gasteiger partial charge in [-0.2, -0.15) is 0 Å². The van der Waals surface area contributed by atoms with E-state index in [0.29, 0.717) is 32.3 Å². The molecule has 7 heteroatoms. The zero-order chi connectivity index (χ0) is 19.1. The van der Waals surface area contributed by atoms with Crippen LogP contribution in [0.1, 0.15) is 30.5 Å². The molecule has 0 spiro atoms. The summed E-state index contributed by atoms with van der Waals surface area (Å²) in [4.78, 5) is 0. The highest BCUT2D eigenvalue weighted by Crippen LogP contribution is 2.32. The minimum Gasteiger partial charge on any atom is -0.490 e. The van der Waals surface area contributed by atoms with Gasteiger partial charge in [0, 0.05) is 18.7 Å². The van der Waals surface area contributed by atoms with Crippen molar-refractivity contribution >= 4 is 5.95 Å². The third-order valence-corrected chi connectivity index (χ3v) is 4.13. The standard InChI is InChI=1S/C20H25N5O2/c1-4-25-20(22-23-24-25)21-13-17-7-6-8-18(26-5-2)19(17)27-14-16-11-9-15(3)10-12-16/h6-12H,4-5,13-14H2,1-3H3,(H,21,22,24). The molecular formula is C20H25N5O2. The van der Waals surface area contributed by atoms with Crippen molar-refractivity contribution in [3.63, 3.8) is 0 Å². The molecule has 7 nitrogen and oxygen atoms in total. The second-order valence-electron chi connectivity index (χ2n) is 6.12.